The molecule has 0 bridgehead atoms. The fourth-order valence-corrected chi connectivity index (χ4v) is 4.84. The first kappa shape index (κ1) is 17.2. The molecule has 4 rings (SSSR count). The normalized spacial score (nSPS) is 24.9. The van der Waals surface area contributed by atoms with Crippen molar-refractivity contribution in [2.75, 3.05) is 45.1 Å². The molecule has 2 spiro atoms. The monoisotopic (exact) mass is 364 g/mol. The molecule has 1 saturated carbocycles. The molecule has 1 aromatic rings. The highest BCUT2D eigenvalue weighted by molar-refractivity contribution is 7.13. The Morgan fingerprint density at radius 1 is 1.32 bits per heavy atom. The van der Waals surface area contributed by atoms with Crippen LogP contribution in [0.4, 0.5) is 5.13 Å². The Labute approximate surface area is 153 Å². The van der Waals surface area contributed by atoms with Crippen LogP contribution in [-0.4, -0.2) is 71.7 Å². The van der Waals surface area contributed by atoms with Crippen LogP contribution in [0.2, 0.25) is 0 Å². The summed E-state index contributed by atoms with van der Waals surface area (Å²) in [5.41, 5.74) is 0.598. The van der Waals surface area contributed by atoms with Crippen LogP contribution >= 0.6 is 11.3 Å². The number of likely N-dealkylation sites (N-methyl/N-ethyl adjacent to an activating group) is 1. The van der Waals surface area contributed by atoms with Gasteiger partial charge in [0.25, 0.3) is 5.91 Å². The summed E-state index contributed by atoms with van der Waals surface area (Å²) in [5, 5.41) is 6.23. The zero-order valence-corrected chi connectivity index (χ0v) is 16.0. The third kappa shape index (κ3) is 3.29. The Morgan fingerprint density at radius 2 is 2.08 bits per heavy atom. The number of nitrogens with zero attached hydrogens (tertiary/aromatic N) is 3. The molecule has 2 aliphatic heterocycles. The number of thiazole rings is 1. The van der Waals surface area contributed by atoms with Gasteiger partial charge in [0.05, 0.1) is 11.3 Å². The molecule has 0 aromatic carbocycles. The fourth-order valence-electron chi connectivity index (χ4n) is 4.14. The van der Waals surface area contributed by atoms with E-state index in [-0.39, 0.29) is 11.5 Å². The van der Waals surface area contributed by atoms with E-state index in [1.165, 1.54) is 5.69 Å². The van der Waals surface area contributed by atoms with Crippen LogP contribution in [-0.2, 0) is 16.0 Å². The molecule has 138 valence electrons. The average Bonchev–Trinajstić information content (AvgIpc) is 3.24. The maximum absolute atomic E-state index is 12.5. The molecule has 2 saturated heterocycles. The Hall–Kier alpha value is -1.18. The van der Waals surface area contributed by atoms with Crippen molar-refractivity contribution < 1.29 is 9.53 Å². The first-order valence-electron chi connectivity index (χ1n) is 9.42. The summed E-state index contributed by atoms with van der Waals surface area (Å²) in [7, 11) is 1.91. The van der Waals surface area contributed by atoms with Crippen LogP contribution in [0.5, 0.6) is 0 Å². The van der Waals surface area contributed by atoms with E-state index in [4.69, 9.17) is 4.74 Å². The second-order valence-electron chi connectivity index (χ2n) is 7.58. The molecule has 0 atom stereocenters. The Bertz CT molecular complexity index is 635. The second-order valence-corrected chi connectivity index (χ2v) is 8.44. The number of nitrogens with one attached hydrogen (secondary N) is 1. The van der Waals surface area contributed by atoms with Crippen molar-refractivity contribution in [3.8, 4) is 0 Å². The minimum Gasteiger partial charge on any atom is -0.365 e. The third-order valence-corrected chi connectivity index (χ3v) is 6.78. The molecule has 6 nitrogen and oxygen atoms in total. The van der Waals surface area contributed by atoms with Gasteiger partial charge in [-0.25, -0.2) is 4.98 Å². The molecule has 0 unspecified atom stereocenters. The van der Waals surface area contributed by atoms with Crippen molar-refractivity contribution in [1.29, 1.82) is 0 Å². The molecule has 1 aliphatic carbocycles. The molecule has 0 radical (unpaired) electrons. The predicted octanol–water partition coefficient (Wildman–Crippen LogP) is 1.97. The van der Waals surface area contributed by atoms with Crippen LogP contribution in [0.25, 0.3) is 0 Å². The van der Waals surface area contributed by atoms with Crippen LogP contribution in [0, 0.1) is 0 Å². The number of morpholine rings is 1. The molecule has 3 heterocycles. The van der Waals surface area contributed by atoms with Crippen LogP contribution in [0.1, 0.15) is 38.3 Å². The van der Waals surface area contributed by atoms with E-state index in [2.05, 4.69) is 27.5 Å². The van der Waals surface area contributed by atoms with Gasteiger partial charge in [0.1, 0.15) is 5.60 Å². The molecular weight excluding hydrogens is 336 g/mol. The number of piperidine rings is 1. The highest BCUT2D eigenvalue weighted by Gasteiger charge is 2.61. The number of carbonyl (C=O) groups is 1. The van der Waals surface area contributed by atoms with Gasteiger partial charge in [0.15, 0.2) is 5.13 Å². The maximum Gasteiger partial charge on any atom is 0.254 e. The predicted molar refractivity (Wildman–Crippen MR) is 99.1 cm³/mol. The lowest BCUT2D eigenvalue weighted by Crippen LogP contribution is -2.62. The van der Waals surface area contributed by atoms with Crippen molar-refractivity contribution >= 4 is 22.4 Å². The number of aromatic nitrogens is 1. The van der Waals surface area contributed by atoms with E-state index in [1.54, 1.807) is 11.3 Å². The summed E-state index contributed by atoms with van der Waals surface area (Å²) >= 11 is 1.67. The summed E-state index contributed by atoms with van der Waals surface area (Å²) in [6.07, 6.45) is 4.86. The van der Waals surface area contributed by atoms with E-state index >= 15 is 0 Å². The lowest BCUT2D eigenvalue weighted by atomic mass is 9.88. The highest BCUT2D eigenvalue weighted by Crippen LogP contribution is 2.49. The van der Waals surface area contributed by atoms with E-state index < -0.39 is 5.60 Å². The van der Waals surface area contributed by atoms with E-state index in [9.17, 15) is 4.79 Å². The summed E-state index contributed by atoms with van der Waals surface area (Å²) in [4.78, 5) is 21.6. The second kappa shape index (κ2) is 6.52. The highest BCUT2D eigenvalue weighted by atomic mass is 32.1. The molecule has 1 aromatic heterocycles. The van der Waals surface area contributed by atoms with Gasteiger partial charge in [-0.05, 0) is 32.6 Å². The Morgan fingerprint density at radius 3 is 2.68 bits per heavy atom. The zero-order chi connectivity index (χ0) is 17.5. The van der Waals surface area contributed by atoms with Crippen LogP contribution in [0.15, 0.2) is 5.38 Å². The topological polar surface area (TPSA) is 57.7 Å². The molecular formula is C18H28N4O2S. The van der Waals surface area contributed by atoms with Crippen molar-refractivity contribution in [2.24, 2.45) is 0 Å². The number of likely N-dealkylation sites (tertiary alicyclic amines) is 1. The van der Waals surface area contributed by atoms with E-state index in [0.717, 1.165) is 70.0 Å². The number of rotatable bonds is 5. The fraction of sp³-hybridized carbons (Fsp3) is 0.778. The van der Waals surface area contributed by atoms with Crippen molar-refractivity contribution in [1.82, 2.24) is 14.8 Å². The summed E-state index contributed by atoms with van der Waals surface area (Å²) < 4.78 is 6.45. The van der Waals surface area contributed by atoms with Gasteiger partial charge in [-0.2, -0.15) is 0 Å². The first-order valence-corrected chi connectivity index (χ1v) is 10.3. The quantitative estimate of drug-likeness (QED) is 0.866. The summed E-state index contributed by atoms with van der Waals surface area (Å²) in [6, 6.07) is 0. The van der Waals surface area contributed by atoms with Gasteiger partial charge in [0, 0.05) is 51.6 Å². The van der Waals surface area contributed by atoms with Gasteiger partial charge in [-0.15, -0.1) is 11.3 Å². The van der Waals surface area contributed by atoms with Crippen molar-refractivity contribution in [3.63, 3.8) is 0 Å². The van der Waals surface area contributed by atoms with Gasteiger partial charge in [-0.3, -0.25) is 4.79 Å². The van der Waals surface area contributed by atoms with E-state index in [1.807, 2.05) is 11.9 Å². The number of hydrogen-bond donors (Lipinski definition) is 1. The molecule has 1 amide bonds. The van der Waals surface area contributed by atoms with Crippen molar-refractivity contribution in [3.05, 3.63) is 11.1 Å². The Balaban J connectivity index is 1.32. The summed E-state index contributed by atoms with van der Waals surface area (Å²) in [5.74, 6) is 0.229. The van der Waals surface area contributed by atoms with Gasteiger partial charge in [0.2, 0.25) is 0 Å². The standard InChI is InChI=1S/C18H28N4O2S/c1-3-22-13-17(24-18(5-6-18)15(22)23)7-10-21(11-8-17)9-4-14-12-25-16(19-2)20-14/h12H,3-11,13H2,1-2H3,(H,19,20). The lowest BCUT2D eigenvalue weighted by Gasteiger charge is -2.50. The number of hydrogen-bond acceptors (Lipinski definition) is 6. The summed E-state index contributed by atoms with van der Waals surface area (Å²) in [6.45, 7) is 6.79. The smallest absolute Gasteiger partial charge is 0.254 e. The zero-order valence-electron chi connectivity index (χ0n) is 15.2. The van der Waals surface area contributed by atoms with Gasteiger partial charge < -0.3 is 19.9 Å². The average molecular weight is 365 g/mol. The molecule has 3 aliphatic rings. The lowest BCUT2D eigenvalue weighted by molar-refractivity contribution is -0.200. The largest absolute Gasteiger partial charge is 0.365 e. The van der Waals surface area contributed by atoms with Gasteiger partial charge in [-0.1, -0.05) is 0 Å². The number of anilines is 1. The van der Waals surface area contributed by atoms with Crippen molar-refractivity contribution in [2.45, 2.75) is 50.2 Å². The van der Waals surface area contributed by atoms with Crippen LogP contribution in [0.3, 0.4) is 0 Å². The first-order chi connectivity index (χ1) is 12.1. The Kier molecular flexibility index (Phi) is 4.50. The van der Waals surface area contributed by atoms with Gasteiger partial charge >= 0.3 is 0 Å². The molecule has 1 N–H and O–H groups in total. The number of ether oxygens (including phenoxy) is 1. The minimum absolute atomic E-state index is 0.114. The van der Waals surface area contributed by atoms with Crippen LogP contribution < -0.4 is 5.32 Å². The SMILES string of the molecule is CCN1CC2(CCN(CCc3csc(NC)n3)CC2)OC2(CC2)C1=O. The molecule has 25 heavy (non-hydrogen) atoms. The maximum atomic E-state index is 12.5. The number of carbonyl (C=O) groups excluding carboxylic acids is 1. The third-order valence-electron chi connectivity index (χ3n) is 5.87. The molecule has 3 fully saturated rings. The molecule has 7 heteroatoms. The number of amides is 1. The van der Waals surface area contributed by atoms with E-state index in [0.29, 0.717) is 0 Å². The minimum atomic E-state index is -0.458.